The van der Waals surface area contributed by atoms with Crippen LogP contribution in [0.5, 0.6) is 17.2 Å². The third-order valence-corrected chi connectivity index (χ3v) is 2.59. The number of carbonyl (C=O) groups is 1. The lowest BCUT2D eigenvalue weighted by molar-refractivity contribution is -0.118. The van der Waals surface area contributed by atoms with E-state index in [2.05, 4.69) is 5.32 Å². The van der Waals surface area contributed by atoms with Gasteiger partial charge in [0.05, 0.1) is 12.8 Å². The van der Waals surface area contributed by atoms with Crippen LogP contribution in [0.2, 0.25) is 0 Å². The lowest BCUT2D eigenvalue weighted by Crippen LogP contribution is -2.20. The molecule has 0 aliphatic carbocycles. The Morgan fingerprint density at radius 2 is 1.90 bits per heavy atom. The molecule has 0 heterocycles. The van der Waals surface area contributed by atoms with Gasteiger partial charge in [-0.3, -0.25) is 4.79 Å². The van der Waals surface area contributed by atoms with E-state index >= 15 is 0 Å². The van der Waals surface area contributed by atoms with Gasteiger partial charge >= 0.3 is 0 Å². The highest BCUT2D eigenvalue weighted by Gasteiger charge is 2.06. The average Bonchev–Trinajstić information content (AvgIpc) is 2.48. The predicted octanol–water partition coefficient (Wildman–Crippen LogP) is 2.42. The summed E-state index contributed by atoms with van der Waals surface area (Å²) in [6.45, 7) is -0.151. The smallest absolute Gasteiger partial charge is 0.262 e. The van der Waals surface area contributed by atoms with Crippen molar-refractivity contribution in [1.29, 1.82) is 0 Å². The van der Waals surface area contributed by atoms with Crippen molar-refractivity contribution in [1.82, 2.24) is 0 Å². The molecule has 2 aromatic rings. The number of methoxy groups -OCH3 is 1. The third-order valence-electron chi connectivity index (χ3n) is 2.59. The quantitative estimate of drug-likeness (QED) is 0.821. The number of amides is 1. The summed E-state index contributed by atoms with van der Waals surface area (Å²) in [7, 11) is 1.56. The van der Waals surface area contributed by atoms with Gasteiger partial charge in [0.2, 0.25) is 0 Å². The van der Waals surface area contributed by atoms with Crippen molar-refractivity contribution < 1.29 is 19.4 Å². The van der Waals surface area contributed by atoms with Gasteiger partial charge in [0.15, 0.2) is 6.61 Å². The van der Waals surface area contributed by atoms with Crippen LogP contribution in [0.25, 0.3) is 0 Å². The molecule has 2 aromatic carbocycles. The zero-order valence-corrected chi connectivity index (χ0v) is 11.0. The monoisotopic (exact) mass is 273 g/mol. The summed E-state index contributed by atoms with van der Waals surface area (Å²) < 4.78 is 10.4. The normalized spacial score (nSPS) is 9.85. The molecule has 0 fully saturated rings. The van der Waals surface area contributed by atoms with Crippen molar-refractivity contribution in [3.8, 4) is 17.2 Å². The van der Waals surface area contributed by atoms with Crippen molar-refractivity contribution in [3.63, 3.8) is 0 Å². The molecule has 0 saturated carbocycles. The Balaban J connectivity index is 1.90. The summed E-state index contributed by atoms with van der Waals surface area (Å²) in [5.41, 5.74) is 0.353. The van der Waals surface area contributed by atoms with E-state index in [-0.39, 0.29) is 18.3 Å². The molecule has 2 rings (SSSR count). The fourth-order valence-corrected chi connectivity index (χ4v) is 1.61. The van der Waals surface area contributed by atoms with Crippen LogP contribution < -0.4 is 14.8 Å². The Morgan fingerprint density at radius 3 is 2.65 bits per heavy atom. The number of phenolic OH excluding ortho intramolecular Hbond substituents is 1. The Hall–Kier alpha value is -2.69. The molecule has 0 aromatic heterocycles. The second-order valence-electron chi connectivity index (χ2n) is 4.03. The number of nitrogens with one attached hydrogen (secondary N) is 1. The van der Waals surface area contributed by atoms with Gasteiger partial charge in [-0.05, 0) is 24.3 Å². The second-order valence-corrected chi connectivity index (χ2v) is 4.03. The first-order chi connectivity index (χ1) is 9.69. The molecule has 0 spiro atoms. The summed E-state index contributed by atoms with van der Waals surface area (Å²) >= 11 is 0. The summed E-state index contributed by atoms with van der Waals surface area (Å²) in [6, 6.07) is 13.5. The third kappa shape index (κ3) is 3.65. The fourth-order valence-electron chi connectivity index (χ4n) is 1.61. The van der Waals surface area contributed by atoms with Gasteiger partial charge in [0.1, 0.15) is 17.2 Å². The average molecular weight is 273 g/mol. The van der Waals surface area contributed by atoms with Crippen LogP contribution in [-0.4, -0.2) is 24.7 Å². The molecular weight excluding hydrogens is 258 g/mol. The lowest BCUT2D eigenvalue weighted by atomic mass is 10.3. The molecule has 0 aliphatic heterocycles. The SMILES string of the molecule is COc1cccc(OCC(=O)Nc2ccccc2O)c1. The van der Waals surface area contributed by atoms with Crippen molar-refractivity contribution in [2.45, 2.75) is 0 Å². The van der Waals surface area contributed by atoms with Gasteiger partial charge in [-0.25, -0.2) is 0 Å². The van der Waals surface area contributed by atoms with E-state index in [9.17, 15) is 9.90 Å². The molecule has 0 saturated heterocycles. The Kier molecular flexibility index (Phi) is 4.44. The Bertz CT molecular complexity index is 598. The zero-order valence-electron chi connectivity index (χ0n) is 11.0. The highest BCUT2D eigenvalue weighted by Crippen LogP contribution is 2.22. The van der Waals surface area contributed by atoms with Crippen LogP contribution >= 0.6 is 0 Å². The predicted molar refractivity (Wildman–Crippen MR) is 75.2 cm³/mol. The molecule has 0 aliphatic rings. The van der Waals surface area contributed by atoms with E-state index in [4.69, 9.17) is 9.47 Å². The first-order valence-corrected chi connectivity index (χ1v) is 6.04. The Labute approximate surface area is 116 Å². The van der Waals surface area contributed by atoms with Crippen molar-refractivity contribution in [3.05, 3.63) is 48.5 Å². The number of carbonyl (C=O) groups excluding carboxylic acids is 1. The van der Waals surface area contributed by atoms with Crippen LogP contribution in [-0.2, 0) is 4.79 Å². The van der Waals surface area contributed by atoms with Gasteiger partial charge in [0.25, 0.3) is 5.91 Å². The number of benzene rings is 2. The lowest BCUT2D eigenvalue weighted by Gasteiger charge is -2.09. The number of hydrogen-bond donors (Lipinski definition) is 2. The summed E-state index contributed by atoms with van der Waals surface area (Å²) in [5, 5.41) is 12.1. The van der Waals surface area contributed by atoms with Crippen LogP contribution in [0.4, 0.5) is 5.69 Å². The van der Waals surface area contributed by atoms with Gasteiger partial charge in [-0.2, -0.15) is 0 Å². The number of ether oxygens (including phenoxy) is 2. The minimum Gasteiger partial charge on any atom is -0.506 e. The highest BCUT2D eigenvalue weighted by molar-refractivity contribution is 5.93. The van der Waals surface area contributed by atoms with E-state index in [1.807, 2.05) is 0 Å². The molecule has 104 valence electrons. The molecule has 0 unspecified atom stereocenters. The molecule has 1 amide bonds. The van der Waals surface area contributed by atoms with E-state index < -0.39 is 0 Å². The van der Waals surface area contributed by atoms with Crippen LogP contribution in [0.1, 0.15) is 0 Å². The molecule has 0 bridgehead atoms. The molecular formula is C15H15NO4. The van der Waals surface area contributed by atoms with E-state index in [0.29, 0.717) is 17.2 Å². The largest absolute Gasteiger partial charge is 0.506 e. The maximum Gasteiger partial charge on any atom is 0.262 e. The number of anilines is 1. The topological polar surface area (TPSA) is 67.8 Å². The van der Waals surface area contributed by atoms with Crippen LogP contribution in [0.3, 0.4) is 0 Å². The van der Waals surface area contributed by atoms with E-state index in [1.165, 1.54) is 6.07 Å². The number of phenols is 1. The van der Waals surface area contributed by atoms with Crippen molar-refractivity contribution in [2.24, 2.45) is 0 Å². The standard InChI is InChI=1S/C15H15NO4/c1-19-11-5-4-6-12(9-11)20-10-15(18)16-13-7-2-3-8-14(13)17/h2-9,17H,10H2,1H3,(H,16,18). The van der Waals surface area contributed by atoms with Gasteiger partial charge < -0.3 is 19.9 Å². The number of hydrogen-bond acceptors (Lipinski definition) is 4. The Morgan fingerprint density at radius 1 is 1.15 bits per heavy atom. The van der Waals surface area contributed by atoms with Gasteiger partial charge in [-0.1, -0.05) is 18.2 Å². The van der Waals surface area contributed by atoms with Crippen molar-refractivity contribution in [2.75, 3.05) is 19.0 Å². The molecule has 0 radical (unpaired) electrons. The molecule has 0 atom stereocenters. The molecule has 5 heteroatoms. The van der Waals surface area contributed by atoms with Gasteiger partial charge in [0, 0.05) is 6.07 Å². The summed E-state index contributed by atoms with van der Waals surface area (Å²) in [5.74, 6) is 0.858. The van der Waals surface area contributed by atoms with Crippen LogP contribution in [0.15, 0.2) is 48.5 Å². The first-order valence-electron chi connectivity index (χ1n) is 6.04. The summed E-state index contributed by atoms with van der Waals surface area (Å²) in [6.07, 6.45) is 0. The van der Waals surface area contributed by atoms with E-state index in [0.717, 1.165) is 0 Å². The molecule has 20 heavy (non-hydrogen) atoms. The number of para-hydroxylation sites is 2. The zero-order chi connectivity index (χ0) is 14.4. The molecule has 5 nitrogen and oxygen atoms in total. The maximum absolute atomic E-state index is 11.7. The fraction of sp³-hybridized carbons (Fsp3) is 0.133. The van der Waals surface area contributed by atoms with Crippen molar-refractivity contribution >= 4 is 11.6 Å². The number of aromatic hydroxyl groups is 1. The second kappa shape index (κ2) is 6.47. The highest BCUT2D eigenvalue weighted by atomic mass is 16.5. The molecule has 2 N–H and O–H groups in total. The summed E-state index contributed by atoms with van der Waals surface area (Å²) in [4.78, 5) is 11.7. The van der Waals surface area contributed by atoms with Gasteiger partial charge in [-0.15, -0.1) is 0 Å². The van der Waals surface area contributed by atoms with Crippen LogP contribution in [0, 0.1) is 0 Å². The minimum absolute atomic E-state index is 0.0160. The minimum atomic E-state index is -0.352. The van der Waals surface area contributed by atoms with E-state index in [1.54, 1.807) is 49.6 Å². The maximum atomic E-state index is 11.7. The first kappa shape index (κ1) is 13.7. The number of rotatable bonds is 5.